The molecule has 28 heavy (non-hydrogen) atoms. The Morgan fingerprint density at radius 1 is 0.786 bits per heavy atom. The van der Waals surface area contributed by atoms with Crippen molar-refractivity contribution in [1.29, 1.82) is 0 Å². The Morgan fingerprint density at radius 3 is 1.93 bits per heavy atom. The van der Waals surface area contributed by atoms with Crippen LogP contribution in [-0.4, -0.2) is 16.9 Å². The van der Waals surface area contributed by atoms with E-state index in [-0.39, 0.29) is 11.6 Å². The summed E-state index contributed by atoms with van der Waals surface area (Å²) in [6, 6.07) is 22.2. The molecule has 0 bridgehead atoms. The average Bonchev–Trinajstić information content (AvgIpc) is 3.13. The van der Waals surface area contributed by atoms with Crippen LogP contribution in [-0.2, 0) is 6.54 Å². The van der Waals surface area contributed by atoms with Gasteiger partial charge < -0.3 is 4.74 Å². The number of rotatable bonds is 5. The second kappa shape index (κ2) is 7.64. The number of hydrogen-bond donors (Lipinski definition) is 0. The van der Waals surface area contributed by atoms with E-state index in [1.54, 1.807) is 31.4 Å². The van der Waals surface area contributed by atoms with Gasteiger partial charge in [-0.2, -0.15) is 5.10 Å². The van der Waals surface area contributed by atoms with Crippen molar-refractivity contribution in [2.75, 3.05) is 7.11 Å². The quantitative estimate of drug-likeness (QED) is 0.456. The third-order valence-corrected chi connectivity index (χ3v) is 4.55. The first-order chi connectivity index (χ1) is 13.6. The van der Waals surface area contributed by atoms with Gasteiger partial charge in [-0.25, -0.2) is 8.78 Å². The minimum Gasteiger partial charge on any atom is -0.497 e. The molecule has 0 aliphatic rings. The van der Waals surface area contributed by atoms with Crippen molar-refractivity contribution >= 4 is 0 Å². The Labute approximate surface area is 161 Å². The van der Waals surface area contributed by atoms with E-state index in [0.29, 0.717) is 6.54 Å². The summed E-state index contributed by atoms with van der Waals surface area (Å²) in [5, 5.41) is 4.72. The first-order valence-corrected chi connectivity index (χ1v) is 8.85. The summed E-state index contributed by atoms with van der Waals surface area (Å²) in [5.74, 6) is 0.207. The maximum absolute atomic E-state index is 13.4. The summed E-state index contributed by atoms with van der Waals surface area (Å²) < 4.78 is 33.7. The minimum absolute atomic E-state index is 0.288. The zero-order valence-corrected chi connectivity index (χ0v) is 15.3. The van der Waals surface area contributed by atoms with Crippen molar-refractivity contribution in [1.82, 2.24) is 9.78 Å². The number of hydrogen-bond acceptors (Lipinski definition) is 2. The molecule has 1 aromatic heterocycles. The lowest BCUT2D eigenvalue weighted by molar-refractivity contribution is 0.414. The van der Waals surface area contributed by atoms with E-state index in [4.69, 9.17) is 9.84 Å². The van der Waals surface area contributed by atoms with Crippen LogP contribution in [0.4, 0.5) is 8.78 Å². The SMILES string of the molecule is COc1ccc(Cn2nc(-c3ccc(F)cc3)cc2-c2ccc(F)cc2)cc1. The molecule has 0 aliphatic carbocycles. The minimum atomic E-state index is -0.292. The lowest BCUT2D eigenvalue weighted by Crippen LogP contribution is -2.04. The van der Waals surface area contributed by atoms with Gasteiger partial charge >= 0.3 is 0 Å². The molecular weight excluding hydrogens is 358 g/mol. The second-order valence-corrected chi connectivity index (χ2v) is 6.43. The van der Waals surface area contributed by atoms with Crippen LogP contribution in [0.25, 0.3) is 22.5 Å². The highest BCUT2D eigenvalue weighted by atomic mass is 19.1. The molecule has 0 saturated heterocycles. The molecule has 0 N–H and O–H groups in total. The number of nitrogens with zero attached hydrogens (tertiary/aromatic N) is 2. The Bertz CT molecular complexity index is 1070. The molecule has 0 amide bonds. The van der Waals surface area contributed by atoms with Crippen LogP contribution < -0.4 is 4.74 Å². The Morgan fingerprint density at radius 2 is 1.36 bits per heavy atom. The zero-order valence-electron chi connectivity index (χ0n) is 15.3. The predicted molar refractivity (Wildman–Crippen MR) is 105 cm³/mol. The summed E-state index contributed by atoms with van der Waals surface area (Å²) in [7, 11) is 1.63. The van der Waals surface area contributed by atoms with E-state index in [9.17, 15) is 8.78 Å². The van der Waals surface area contributed by atoms with Gasteiger partial charge in [0.05, 0.1) is 25.0 Å². The van der Waals surface area contributed by atoms with E-state index in [2.05, 4.69) is 0 Å². The predicted octanol–water partition coefficient (Wildman–Crippen LogP) is 5.55. The van der Waals surface area contributed by atoms with Crippen LogP contribution in [0.1, 0.15) is 5.56 Å². The number of aromatic nitrogens is 2. The van der Waals surface area contributed by atoms with Crippen LogP contribution in [0, 0.1) is 11.6 Å². The maximum Gasteiger partial charge on any atom is 0.123 e. The van der Waals surface area contributed by atoms with Gasteiger partial charge in [0, 0.05) is 11.1 Å². The van der Waals surface area contributed by atoms with E-state index in [1.165, 1.54) is 24.3 Å². The maximum atomic E-state index is 13.4. The molecular formula is C23H18F2N2O. The first kappa shape index (κ1) is 17.9. The fraction of sp³-hybridized carbons (Fsp3) is 0.0870. The molecule has 1 heterocycles. The summed E-state index contributed by atoms with van der Waals surface area (Å²) in [5.41, 5.74) is 4.31. The molecule has 0 spiro atoms. The molecule has 0 fully saturated rings. The summed E-state index contributed by atoms with van der Waals surface area (Å²) in [6.45, 7) is 0.540. The molecule has 3 nitrogen and oxygen atoms in total. The second-order valence-electron chi connectivity index (χ2n) is 6.43. The normalized spacial score (nSPS) is 10.8. The van der Waals surface area contributed by atoms with Gasteiger partial charge in [-0.1, -0.05) is 12.1 Å². The van der Waals surface area contributed by atoms with Crippen LogP contribution in [0.3, 0.4) is 0 Å². The largest absolute Gasteiger partial charge is 0.497 e. The van der Waals surface area contributed by atoms with Crippen LogP contribution in [0.2, 0.25) is 0 Å². The van der Waals surface area contributed by atoms with Gasteiger partial charge in [0.25, 0.3) is 0 Å². The van der Waals surface area contributed by atoms with Gasteiger partial charge in [-0.15, -0.1) is 0 Å². The first-order valence-electron chi connectivity index (χ1n) is 8.85. The highest BCUT2D eigenvalue weighted by Crippen LogP contribution is 2.27. The molecule has 0 saturated carbocycles. The summed E-state index contributed by atoms with van der Waals surface area (Å²) >= 11 is 0. The van der Waals surface area contributed by atoms with Crippen molar-refractivity contribution in [3.8, 4) is 28.3 Å². The Kier molecular flexibility index (Phi) is 4.89. The van der Waals surface area contributed by atoms with Crippen molar-refractivity contribution < 1.29 is 13.5 Å². The summed E-state index contributed by atoms with van der Waals surface area (Å²) in [6.07, 6.45) is 0. The lowest BCUT2D eigenvalue weighted by atomic mass is 10.1. The van der Waals surface area contributed by atoms with Crippen molar-refractivity contribution in [2.24, 2.45) is 0 Å². The third kappa shape index (κ3) is 3.78. The van der Waals surface area contributed by atoms with Gasteiger partial charge in [-0.3, -0.25) is 4.68 Å². The molecule has 3 aromatic carbocycles. The highest BCUT2D eigenvalue weighted by molar-refractivity contribution is 5.68. The number of ether oxygens (including phenoxy) is 1. The van der Waals surface area contributed by atoms with Crippen LogP contribution in [0.15, 0.2) is 78.9 Å². The molecule has 0 aliphatic heterocycles. The molecule has 0 unspecified atom stereocenters. The van der Waals surface area contributed by atoms with Gasteiger partial charge in [0.1, 0.15) is 17.4 Å². The van der Waals surface area contributed by atoms with E-state index < -0.39 is 0 Å². The van der Waals surface area contributed by atoms with Crippen molar-refractivity contribution in [3.05, 3.63) is 96.1 Å². The van der Waals surface area contributed by atoms with Crippen molar-refractivity contribution in [2.45, 2.75) is 6.54 Å². The van der Waals surface area contributed by atoms with Crippen LogP contribution >= 0.6 is 0 Å². The topological polar surface area (TPSA) is 27.1 Å². The average molecular weight is 376 g/mol. The Balaban J connectivity index is 1.75. The molecule has 0 atom stereocenters. The monoisotopic (exact) mass is 376 g/mol. The fourth-order valence-corrected chi connectivity index (χ4v) is 3.06. The third-order valence-electron chi connectivity index (χ3n) is 4.55. The standard InChI is InChI=1S/C23H18F2N2O/c1-28-21-12-2-16(3-13-21)15-27-23(18-6-10-20(25)11-7-18)14-22(26-27)17-4-8-19(24)9-5-17/h2-14H,15H2,1H3. The van der Waals surface area contributed by atoms with Gasteiger partial charge in [-0.05, 0) is 72.3 Å². The van der Waals surface area contributed by atoms with E-state index in [0.717, 1.165) is 33.8 Å². The van der Waals surface area contributed by atoms with Crippen molar-refractivity contribution in [3.63, 3.8) is 0 Å². The van der Waals surface area contributed by atoms with Gasteiger partial charge in [0.2, 0.25) is 0 Å². The lowest BCUT2D eigenvalue weighted by Gasteiger charge is -2.08. The Hall–Kier alpha value is -3.47. The fourth-order valence-electron chi connectivity index (χ4n) is 3.06. The van der Waals surface area contributed by atoms with E-state index in [1.807, 2.05) is 35.0 Å². The molecule has 4 aromatic rings. The molecule has 140 valence electrons. The summed E-state index contributed by atoms with van der Waals surface area (Å²) in [4.78, 5) is 0. The zero-order chi connectivity index (χ0) is 19.5. The molecule has 5 heteroatoms. The molecule has 0 radical (unpaired) electrons. The van der Waals surface area contributed by atoms with Gasteiger partial charge in [0.15, 0.2) is 0 Å². The number of halogens is 2. The highest BCUT2D eigenvalue weighted by Gasteiger charge is 2.12. The smallest absolute Gasteiger partial charge is 0.123 e. The number of methoxy groups -OCH3 is 1. The van der Waals surface area contributed by atoms with Crippen LogP contribution in [0.5, 0.6) is 5.75 Å². The number of benzene rings is 3. The molecule has 4 rings (SSSR count). The van der Waals surface area contributed by atoms with E-state index >= 15 is 0 Å².